The van der Waals surface area contributed by atoms with Crippen molar-refractivity contribution in [2.24, 2.45) is 5.92 Å². The van der Waals surface area contributed by atoms with Gasteiger partial charge < -0.3 is 16.2 Å². The molecule has 0 unspecified atom stereocenters. The van der Waals surface area contributed by atoms with Crippen LogP contribution in [0.5, 0.6) is 0 Å². The van der Waals surface area contributed by atoms with E-state index < -0.39 is 11.7 Å². The van der Waals surface area contributed by atoms with Gasteiger partial charge in [-0.3, -0.25) is 4.79 Å². The summed E-state index contributed by atoms with van der Waals surface area (Å²) in [5.41, 5.74) is 5.82. The lowest BCUT2D eigenvalue weighted by Gasteiger charge is -2.31. The van der Waals surface area contributed by atoms with E-state index in [2.05, 4.69) is 5.32 Å². The third-order valence-corrected chi connectivity index (χ3v) is 3.00. The van der Waals surface area contributed by atoms with Crippen molar-refractivity contribution < 1.29 is 14.3 Å². The van der Waals surface area contributed by atoms with Gasteiger partial charge in [0, 0.05) is 12.2 Å². The molecule has 2 rings (SSSR count). The highest BCUT2D eigenvalue weighted by Crippen LogP contribution is 2.26. The Hall–Kier alpha value is -1.62. The van der Waals surface area contributed by atoms with Crippen LogP contribution in [0.15, 0.2) is 18.2 Å². The van der Waals surface area contributed by atoms with Gasteiger partial charge in [0.2, 0.25) is 0 Å². The van der Waals surface area contributed by atoms with Crippen molar-refractivity contribution in [2.45, 2.75) is 18.9 Å². The predicted molar refractivity (Wildman–Crippen MR) is 61.9 cm³/mol. The summed E-state index contributed by atoms with van der Waals surface area (Å²) in [4.78, 5) is 11.7. The van der Waals surface area contributed by atoms with Gasteiger partial charge in [0.15, 0.2) is 0 Å². The van der Waals surface area contributed by atoms with Crippen LogP contribution in [-0.4, -0.2) is 23.7 Å². The van der Waals surface area contributed by atoms with Crippen molar-refractivity contribution in [2.75, 3.05) is 12.3 Å². The molecular weight excluding hydrogens is 223 g/mol. The summed E-state index contributed by atoms with van der Waals surface area (Å²) in [6, 6.07) is 3.91. The smallest absolute Gasteiger partial charge is 0.254 e. The van der Waals surface area contributed by atoms with Crippen LogP contribution < -0.4 is 11.1 Å². The number of amides is 1. The molecule has 4 nitrogen and oxygen atoms in total. The highest BCUT2D eigenvalue weighted by atomic mass is 19.1. The number of aliphatic hydroxyl groups excluding tert-OH is 1. The number of nitrogens with one attached hydrogen (secondary N) is 1. The molecule has 5 heteroatoms. The summed E-state index contributed by atoms with van der Waals surface area (Å²) < 4.78 is 13.3. The normalized spacial score (nSPS) is 22.9. The largest absolute Gasteiger partial charge is 0.399 e. The Kier molecular flexibility index (Phi) is 3.28. The second-order valence-corrected chi connectivity index (χ2v) is 4.44. The maximum Gasteiger partial charge on any atom is 0.254 e. The molecule has 0 aromatic heterocycles. The second-order valence-electron chi connectivity index (χ2n) is 4.44. The van der Waals surface area contributed by atoms with Gasteiger partial charge >= 0.3 is 0 Å². The summed E-state index contributed by atoms with van der Waals surface area (Å²) in [7, 11) is 0. The number of benzene rings is 1. The Morgan fingerprint density at radius 1 is 1.53 bits per heavy atom. The Morgan fingerprint density at radius 2 is 2.24 bits per heavy atom. The Bertz CT molecular complexity index is 431. The Labute approximate surface area is 98.6 Å². The quantitative estimate of drug-likeness (QED) is 0.685. The molecule has 92 valence electrons. The van der Waals surface area contributed by atoms with Crippen molar-refractivity contribution >= 4 is 11.6 Å². The fourth-order valence-corrected chi connectivity index (χ4v) is 1.92. The molecule has 1 aliphatic rings. The number of nitrogens with two attached hydrogens (primary N) is 1. The first-order valence-corrected chi connectivity index (χ1v) is 5.57. The minimum Gasteiger partial charge on any atom is -0.399 e. The number of nitrogen functional groups attached to an aromatic ring is 1. The van der Waals surface area contributed by atoms with Crippen molar-refractivity contribution in [3.63, 3.8) is 0 Å². The van der Waals surface area contributed by atoms with Gasteiger partial charge in [-0.1, -0.05) is 0 Å². The van der Waals surface area contributed by atoms with E-state index in [0.717, 1.165) is 0 Å². The molecule has 1 aromatic carbocycles. The van der Waals surface area contributed by atoms with E-state index in [1.807, 2.05) is 0 Å². The van der Waals surface area contributed by atoms with E-state index in [9.17, 15) is 9.18 Å². The SMILES string of the molecule is Nc1ccc(F)c(C(=O)NCC2CC(O)C2)c1. The average Bonchev–Trinajstić information content (AvgIpc) is 2.26. The molecule has 1 aromatic rings. The van der Waals surface area contributed by atoms with Crippen molar-refractivity contribution in [1.82, 2.24) is 5.32 Å². The number of rotatable bonds is 3. The molecule has 1 aliphatic carbocycles. The summed E-state index contributed by atoms with van der Waals surface area (Å²) in [5.74, 6) is -0.750. The van der Waals surface area contributed by atoms with Crippen LogP contribution in [0.1, 0.15) is 23.2 Å². The molecule has 0 spiro atoms. The molecule has 0 aliphatic heterocycles. The predicted octanol–water partition coefficient (Wildman–Crippen LogP) is 0.909. The van der Waals surface area contributed by atoms with Crippen molar-refractivity contribution in [3.05, 3.63) is 29.6 Å². The lowest BCUT2D eigenvalue weighted by Crippen LogP contribution is -2.38. The summed E-state index contributed by atoms with van der Waals surface area (Å²) in [6.07, 6.45) is 1.14. The minimum absolute atomic E-state index is 0.0372. The minimum atomic E-state index is -0.578. The first-order chi connectivity index (χ1) is 8.06. The maximum atomic E-state index is 13.3. The van der Waals surface area contributed by atoms with Gasteiger partial charge in [0.25, 0.3) is 5.91 Å². The molecule has 1 fully saturated rings. The maximum absolute atomic E-state index is 13.3. The summed E-state index contributed by atoms with van der Waals surface area (Å²) >= 11 is 0. The van der Waals surface area contributed by atoms with E-state index >= 15 is 0 Å². The number of carbonyl (C=O) groups is 1. The van der Waals surface area contributed by atoms with Gasteiger partial charge in [-0.25, -0.2) is 4.39 Å². The molecule has 0 radical (unpaired) electrons. The molecule has 1 amide bonds. The number of hydrogen-bond acceptors (Lipinski definition) is 3. The number of hydrogen-bond donors (Lipinski definition) is 3. The van der Waals surface area contributed by atoms with Crippen molar-refractivity contribution in [1.29, 1.82) is 0 Å². The van der Waals surface area contributed by atoms with Crippen LogP contribution in [0.3, 0.4) is 0 Å². The van der Waals surface area contributed by atoms with Crippen LogP contribution in [0, 0.1) is 11.7 Å². The molecule has 17 heavy (non-hydrogen) atoms. The summed E-state index contributed by atoms with van der Waals surface area (Å²) in [5, 5.41) is 11.7. The third kappa shape index (κ3) is 2.74. The van der Waals surface area contributed by atoms with Crippen molar-refractivity contribution in [3.8, 4) is 0 Å². The fourth-order valence-electron chi connectivity index (χ4n) is 1.92. The van der Waals surface area contributed by atoms with Gasteiger partial charge in [-0.05, 0) is 37.0 Å². The fraction of sp³-hybridized carbons (Fsp3) is 0.417. The van der Waals surface area contributed by atoms with E-state index in [1.54, 1.807) is 0 Å². The zero-order valence-electron chi connectivity index (χ0n) is 9.32. The molecule has 0 bridgehead atoms. The zero-order chi connectivity index (χ0) is 12.4. The van der Waals surface area contributed by atoms with Crippen LogP contribution in [0.2, 0.25) is 0 Å². The van der Waals surface area contributed by atoms with Crippen LogP contribution in [-0.2, 0) is 0 Å². The number of carbonyl (C=O) groups excluding carboxylic acids is 1. The Balaban J connectivity index is 1.92. The second kappa shape index (κ2) is 4.71. The Morgan fingerprint density at radius 3 is 2.88 bits per heavy atom. The van der Waals surface area contributed by atoms with Gasteiger partial charge in [0.05, 0.1) is 11.7 Å². The first kappa shape index (κ1) is 11.9. The number of halogens is 1. The average molecular weight is 238 g/mol. The van der Waals surface area contributed by atoms with E-state index in [-0.39, 0.29) is 17.6 Å². The molecular formula is C12H15FN2O2. The number of anilines is 1. The summed E-state index contributed by atoms with van der Waals surface area (Å²) in [6.45, 7) is 0.462. The molecule has 0 atom stereocenters. The van der Waals surface area contributed by atoms with E-state index in [1.165, 1.54) is 18.2 Å². The van der Waals surface area contributed by atoms with Gasteiger partial charge in [-0.15, -0.1) is 0 Å². The van der Waals surface area contributed by atoms with E-state index in [4.69, 9.17) is 10.8 Å². The topological polar surface area (TPSA) is 75.4 Å². The third-order valence-electron chi connectivity index (χ3n) is 3.00. The first-order valence-electron chi connectivity index (χ1n) is 5.57. The lowest BCUT2D eigenvalue weighted by atomic mass is 9.82. The zero-order valence-corrected chi connectivity index (χ0v) is 9.32. The lowest BCUT2D eigenvalue weighted by molar-refractivity contribution is 0.0420. The molecule has 0 heterocycles. The molecule has 4 N–H and O–H groups in total. The van der Waals surface area contributed by atoms with E-state index in [0.29, 0.717) is 25.1 Å². The standard InChI is InChI=1S/C12H15FN2O2/c13-11-2-1-8(14)5-10(11)12(17)15-6-7-3-9(16)4-7/h1-2,5,7,9,16H,3-4,6,14H2,(H,15,17). The highest BCUT2D eigenvalue weighted by molar-refractivity contribution is 5.95. The highest BCUT2D eigenvalue weighted by Gasteiger charge is 2.27. The van der Waals surface area contributed by atoms with Crippen LogP contribution in [0.25, 0.3) is 0 Å². The van der Waals surface area contributed by atoms with Gasteiger partial charge in [0.1, 0.15) is 5.82 Å². The molecule has 1 saturated carbocycles. The molecule has 0 saturated heterocycles. The van der Waals surface area contributed by atoms with Crippen LogP contribution in [0.4, 0.5) is 10.1 Å². The monoisotopic (exact) mass is 238 g/mol. The van der Waals surface area contributed by atoms with Gasteiger partial charge in [-0.2, -0.15) is 0 Å². The van der Waals surface area contributed by atoms with Crippen LogP contribution >= 0.6 is 0 Å². The number of aliphatic hydroxyl groups is 1.